The molecule has 4 N–H and O–H groups in total. The number of hydrogen-bond acceptors (Lipinski definition) is 6. The maximum atomic E-state index is 10.3. The van der Waals surface area contributed by atoms with Crippen LogP contribution in [0.25, 0.3) is 0 Å². The quantitative estimate of drug-likeness (QED) is 0.267. The lowest BCUT2D eigenvalue weighted by Gasteiger charge is -1.92. The highest BCUT2D eigenvalue weighted by Gasteiger charge is 1.99. The summed E-state index contributed by atoms with van der Waals surface area (Å²) in [4.78, 5) is 40.4. The summed E-state index contributed by atoms with van der Waals surface area (Å²) in [5.41, 5.74) is 0. The van der Waals surface area contributed by atoms with E-state index in [1.54, 1.807) is 12.4 Å². The van der Waals surface area contributed by atoms with Crippen LogP contribution < -0.4 is 10.6 Å². The van der Waals surface area contributed by atoms with Gasteiger partial charge in [-0.05, 0) is 25.7 Å². The second-order valence-electron chi connectivity index (χ2n) is 4.81. The van der Waals surface area contributed by atoms with Crippen LogP contribution in [-0.4, -0.2) is 34.0 Å². The summed E-state index contributed by atoms with van der Waals surface area (Å²) in [6, 6.07) is 0. The first kappa shape index (κ1) is 27.7. The molecule has 0 aromatic carbocycles. The fourth-order valence-corrected chi connectivity index (χ4v) is 1.26. The first-order valence-electron chi connectivity index (χ1n) is 8.04. The lowest BCUT2D eigenvalue weighted by Crippen LogP contribution is -2.15. The van der Waals surface area contributed by atoms with Crippen molar-refractivity contribution in [2.24, 2.45) is 0 Å². The molecule has 10 heteroatoms. The van der Waals surface area contributed by atoms with Crippen LogP contribution in [0.15, 0.2) is 0 Å². The van der Waals surface area contributed by atoms with Gasteiger partial charge in [0, 0.05) is 25.7 Å². The van der Waals surface area contributed by atoms with Gasteiger partial charge in [-0.15, -0.1) is 0 Å². The number of unbranched alkanes of at least 4 members (excludes halogenated alkanes) is 1. The predicted molar refractivity (Wildman–Crippen MR) is 91.1 cm³/mol. The van der Waals surface area contributed by atoms with Crippen molar-refractivity contribution in [1.82, 2.24) is 10.6 Å². The normalized spacial score (nSPS) is 8.15. The predicted octanol–water partition coefficient (Wildman–Crippen LogP) is 1.48. The minimum atomic E-state index is -0.870. The van der Waals surface area contributed by atoms with Crippen LogP contribution in [0.2, 0.25) is 0 Å². The summed E-state index contributed by atoms with van der Waals surface area (Å²) in [5, 5.41) is 36.1. The van der Waals surface area contributed by atoms with E-state index in [9.17, 15) is 19.2 Å². The van der Waals surface area contributed by atoms with Gasteiger partial charge in [0.25, 0.3) is 0 Å². The number of nitrogens with one attached hydrogen (secondary N) is 2. The second-order valence-corrected chi connectivity index (χ2v) is 4.81. The number of nitriles is 2. The molecule has 26 heavy (non-hydrogen) atoms. The van der Waals surface area contributed by atoms with E-state index < -0.39 is 11.9 Å². The molecule has 0 spiro atoms. The summed E-state index contributed by atoms with van der Waals surface area (Å²) in [7, 11) is 0. The number of carbonyl (C=O) groups is 4. The highest BCUT2D eigenvalue weighted by molar-refractivity contribution is 5.77. The Morgan fingerprint density at radius 3 is 1.23 bits per heavy atom. The van der Waals surface area contributed by atoms with Gasteiger partial charge in [-0.25, -0.2) is 0 Å². The van der Waals surface area contributed by atoms with Crippen molar-refractivity contribution in [3.8, 4) is 12.4 Å². The second kappa shape index (κ2) is 21.9. The van der Waals surface area contributed by atoms with Crippen LogP contribution in [0.5, 0.6) is 0 Å². The highest BCUT2D eigenvalue weighted by Crippen LogP contribution is 1.98. The van der Waals surface area contributed by atoms with Crippen molar-refractivity contribution >= 4 is 23.8 Å². The number of carboxylic acid groups (broad SMARTS) is 2. The molecular formula is C16H26N4O6. The molecule has 0 aliphatic heterocycles. The van der Waals surface area contributed by atoms with E-state index in [0.29, 0.717) is 25.7 Å². The average molecular weight is 370 g/mol. The maximum Gasteiger partial charge on any atom is 0.303 e. The van der Waals surface area contributed by atoms with E-state index in [4.69, 9.17) is 20.7 Å². The van der Waals surface area contributed by atoms with Crippen LogP contribution in [0.3, 0.4) is 0 Å². The van der Waals surface area contributed by atoms with Gasteiger partial charge in [0.1, 0.15) is 0 Å². The third-order valence-electron chi connectivity index (χ3n) is 2.38. The van der Waals surface area contributed by atoms with Gasteiger partial charge in [-0.1, -0.05) is 13.8 Å². The lowest BCUT2D eigenvalue weighted by molar-refractivity contribution is -0.139. The third-order valence-corrected chi connectivity index (χ3v) is 2.38. The SMILES string of the molecule is CCCC(=O)NC#N.CCCC(=O)NC#N.O=C(O)CCCCC(=O)O. The maximum absolute atomic E-state index is 10.3. The van der Waals surface area contributed by atoms with Gasteiger partial charge in [0.2, 0.25) is 11.8 Å². The van der Waals surface area contributed by atoms with E-state index in [1.807, 2.05) is 24.5 Å². The molecule has 0 aliphatic carbocycles. The number of aliphatic carboxylic acids is 2. The summed E-state index contributed by atoms with van der Waals surface area (Å²) in [6.07, 6.45) is 6.57. The molecule has 0 bridgehead atoms. The Labute approximate surface area is 152 Å². The molecular weight excluding hydrogens is 344 g/mol. The lowest BCUT2D eigenvalue weighted by atomic mass is 10.2. The third kappa shape index (κ3) is 32.7. The molecule has 0 unspecified atom stereocenters. The van der Waals surface area contributed by atoms with E-state index in [0.717, 1.165) is 12.8 Å². The smallest absolute Gasteiger partial charge is 0.303 e. The number of amides is 2. The Kier molecular flexibility index (Phi) is 23.3. The van der Waals surface area contributed by atoms with Crippen LogP contribution in [0, 0.1) is 22.9 Å². The van der Waals surface area contributed by atoms with E-state index in [2.05, 4.69) is 0 Å². The van der Waals surface area contributed by atoms with Crippen LogP contribution >= 0.6 is 0 Å². The molecule has 0 radical (unpaired) electrons. The van der Waals surface area contributed by atoms with E-state index in [1.165, 1.54) is 0 Å². The van der Waals surface area contributed by atoms with Crippen molar-refractivity contribution in [2.45, 2.75) is 65.2 Å². The molecule has 2 amide bonds. The zero-order valence-electron chi connectivity index (χ0n) is 15.1. The molecule has 146 valence electrons. The summed E-state index contributed by atoms with van der Waals surface area (Å²) >= 11 is 0. The Balaban J connectivity index is -0.000000308. The number of carboxylic acids is 2. The molecule has 10 nitrogen and oxygen atoms in total. The molecule has 0 aromatic heterocycles. The van der Waals surface area contributed by atoms with Crippen LogP contribution in [0.1, 0.15) is 65.2 Å². The van der Waals surface area contributed by atoms with Gasteiger partial charge in [0.05, 0.1) is 0 Å². The molecule has 0 aromatic rings. The Morgan fingerprint density at radius 1 is 0.731 bits per heavy atom. The molecule has 0 saturated carbocycles. The van der Waals surface area contributed by atoms with Crippen LogP contribution in [0.4, 0.5) is 0 Å². The van der Waals surface area contributed by atoms with Gasteiger partial charge in [0.15, 0.2) is 12.4 Å². The van der Waals surface area contributed by atoms with Gasteiger partial charge in [-0.2, -0.15) is 10.5 Å². The molecule has 0 fully saturated rings. The van der Waals surface area contributed by atoms with Gasteiger partial charge < -0.3 is 10.2 Å². The molecule has 0 rings (SSSR count). The van der Waals surface area contributed by atoms with Crippen molar-refractivity contribution in [3.63, 3.8) is 0 Å². The van der Waals surface area contributed by atoms with E-state index >= 15 is 0 Å². The zero-order valence-corrected chi connectivity index (χ0v) is 15.1. The fourth-order valence-electron chi connectivity index (χ4n) is 1.26. The van der Waals surface area contributed by atoms with Crippen molar-refractivity contribution < 1.29 is 29.4 Å². The largest absolute Gasteiger partial charge is 0.481 e. The van der Waals surface area contributed by atoms with Crippen LogP contribution in [-0.2, 0) is 19.2 Å². The number of rotatable bonds is 9. The van der Waals surface area contributed by atoms with Crippen molar-refractivity contribution in [1.29, 1.82) is 10.5 Å². The summed E-state index contributed by atoms with van der Waals surface area (Å²) in [5.74, 6) is -2.14. The first-order chi connectivity index (χ1) is 12.2. The Hall–Kier alpha value is -3.14. The molecule has 0 aliphatic rings. The Morgan fingerprint density at radius 2 is 1.04 bits per heavy atom. The number of nitrogens with zero attached hydrogens (tertiary/aromatic N) is 2. The minimum Gasteiger partial charge on any atom is -0.481 e. The van der Waals surface area contributed by atoms with Gasteiger partial charge >= 0.3 is 11.9 Å². The Bertz CT molecular complexity index is 462. The first-order valence-corrected chi connectivity index (χ1v) is 8.04. The topological polar surface area (TPSA) is 180 Å². The van der Waals surface area contributed by atoms with Crippen molar-refractivity contribution in [3.05, 3.63) is 0 Å². The van der Waals surface area contributed by atoms with Crippen molar-refractivity contribution in [2.75, 3.05) is 0 Å². The highest BCUT2D eigenvalue weighted by atomic mass is 16.4. The molecule has 0 saturated heterocycles. The summed E-state index contributed by atoms with van der Waals surface area (Å²) in [6.45, 7) is 3.77. The molecule has 0 heterocycles. The monoisotopic (exact) mass is 370 g/mol. The minimum absolute atomic E-state index is 0.0628. The number of hydrogen-bond donors (Lipinski definition) is 4. The summed E-state index contributed by atoms with van der Waals surface area (Å²) < 4.78 is 0. The zero-order chi connectivity index (χ0) is 20.8. The average Bonchev–Trinajstić information content (AvgIpc) is 2.53. The fraction of sp³-hybridized carbons (Fsp3) is 0.625. The molecule has 0 atom stereocenters. The standard InChI is InChI=1S/C6H10O4.2C5H8N2O/c7-5(8)3-1-2-4-6(9)10;2*1-2-3-5(8)7-4-6/h1-4H2,(H,7,8)(H,9,10);2*2-3H2,1H3,(H,7,8). The number of carbonyl (C=O) groups excluding carboxylic acids is 2. The van der Waals surface area contributed by atoms with Gasteiger partial charge in [-0.3, -0.25) is 29.8 Å². The van der Waals surface area contributed by atoms with E-state index in [-0.39, 0.29) is 24.7 Å².